The standard InChI is InChI=1S/C6H11N3O2/c7-6(11)4-3-5(10)9-2-1-8-4/h4,8H,1-3H2,(H2,7,11)(H,9,10). The summed E-state index contributed by atoms with van der Waals surface area (Å²) in [5.41, 5.74) is 5.02. The molecule has 5 nitrogen and oxygen atoms in total. The van der Waals surface area contributed by atoms with Gasteiger partial charge in [0.1, 0.15) is 0 Å². The first kappa shape index (κ1) is 8.00. The Balaban J connectivity index is 2.52. The zero-order valence-electron chi connectivity index (χ0n) is 6.09. The third kappa shape index (κ3) is 2.19. The highest BCUT2D eigenvalue weighted by molar-refractivity contribution is 5.87. The van der Waals surface area contributed by atoms with Gasteiger partial charge in [0.25, 0.3) is 0 Å². The van der Waals surface area contributed by atoms with Gasteiger partial charge in [0.2, 0.25) is 11.8 Å². The van der Waals surface area contributed by atoms with Crippen LogP contribution in [0, 0.1) is 0 Å². The Bertz CT molecular complexity index is 181. The molecule has 1 saturated heterocycles. The van der Waals surface area contributed by atoms with Crippen molar-refractivity contribution in [2.75, 3.05) is 13.1 Å². The minimum absolute atomic E-state index is 0.126. The van der Waals surface area contributed by atoms with E-state index in [1.807, 2.05) is 0 Å². The van der Waals surface area contributed by atoms with Crippen LogP contribution >= 0.6 is 0 Å². The summed E-state index contributed by atoms with van der Waals surface area (Å²) in [6.45, 7) is 1.15. The molecule has 4 N–H and O–H groups in total. The van der Waals surface area contributed by atoms with Crippen molar-refractivity contribution in [2.45, 2.75) is 12.5 Å². The number of nitrogens with one attached hydrogen (secondary N) is 2. The molecule has 0 spiro atoms. The van der Waals surface area contributed by atoms with Gasteiger partial charge in [0, 0.05) is 13.1 Å². The number of hydrogen-bond donors (Lipinski definition) is 3. The number of carbonyl (C=O) groups excluding carboxylic acids is 2. The maximum absolute atomic E-state index is 10.8. The van der Waals surface area contributed by atoms with E-state index in [4.69, 9.17) is 5.73 Å². The molecule has 0 radical (unpaired) electrons. The van der Waals surface area contributed by atoms with Crippen LogP contribution in [0.25, 0.3) is 0 Å². The van der Waals surface area contributed by atoms with Crippen molar-refractivity contribution in [3.8, 4) is 0 Å². The Morgan fingerprint density at radius 3 is 2.91 bits per heavy atom. The lowest BCUT2D eigenvalue weighted by Gasteiger charge is -2.08. The van der Waals surface area contributed by atoms with Gasteiger partial charge in [-0.05, 0) is 0 Å². The van der Waals surface area contributed by atoms with Crippen LogP contribution in [0.4, 0.5) is 0 Å². The zero-order valence-corrected chi connectivity index (χ0v) is 6.09. The molecule has 0 saturated carbocycles. The molecule has 1 fully saturated rings. The summed E-state index contributed by atoms with van der Waals surface area (Å²) < 4.78 is 0. The fraction of sp³-hybridized carbons (Fsp3) is 0.667. The monoisotopic (exact) mass is 157 g/mol. The highest BCUT2D eigenvalue weighted by Gasteiger charge is 2.20. The van der Waals surface area contributed by atoms with Crippen LogP contribution in [0.15, 0.2) is 0 Å². The van der Waals surface area contributed by atoms with Crippen LogP contribution in [0.2, 0.25) is 0 Å². The zero-order chi connectivity index (χ0) is 8.27. The van der Waals surface area contributed by atoms with Crippen LogP contribution in [0.1, 0.15) is 6.42 Å². The van der Waals surface area contributed by atoms with E-state index in [2.05, 4.69) is 10.6 Å². The van der Waals surface area contributed by atoms with Crippen LogP contribution in [-0.4, -0.2) is 30.9 Å². The number of amides is 2. The van der Waals surface area contributed by atoms with E-state index in [-0.39, 0.29) is 12.3 Å². The summed E-state index contributed by atoms with van der Waals surface area (Å²) in [6.07, 6.45) is 0.148. The van der Waals surface area contributed by atoms with Gasteiger partial charge < -0.3 is 16.4 Å². The second-order valence-electron chi connectivity index (χ2n) is 2.46. The highest BCUT2D eigenvalue weighted by Crippen LogP contribution is 1.93. The topological polar surface area (TPSA) is 84.2 Å². The van der Waals surface area contributed by atoms with Crippen LogP contribution in [-0.2, 0) is 9.59 Å². The first-order valence-corrected chi connectivity index (χ1v) is 3.49. The summed E-state index contributed by atoms with van der Waals surface area (Å²) >= 11 is 0. The average molecular weight is 157 g/mol. The SMILES string of the molecule is NC(=O)C1CC(=O)NCCN1. The molecular weight excluding hydrogens is 146 g/mol. The number of nitrogens with two attached hydrogens (primary N) is 1. The van der Waals surface area contributed by atoms with Gasteiger partial charge in [-0.15, -0.1) is 0 Å². The minimum Gasteiger partial charge on any atom is -0.368 e. The fourth-order valence-corrected chi connectivity index (χ4v) is 0.979. The summed E-state index contributed by atoms with van der Waals surface area (Å²) in [7, 11) is 0. The Hall–Kier alpha value is -1.10. The number of carbonyl (C=O) groups is 2. The van der Waals surface area contributed by atoms with Gasteiger partial charge >= 0.3 is 0 Å². The van der Waals surface area contributed by atoms with E-state index in [0.717, 1.165) is 0 Å². The first-order chi connectivity index (χ1) is 5.20. The predicted molar refractivity (Wildman–Crippen MR) is 38.6 cm³/mol. The van der Waals surface area contributed by atoms with Crippen molar-refractivity contribution >= 4 is 11.8 Å². The highest BCUT2D eigenvalue weighted by atomic mass is 16.2. The molecule has 0 bridgehead atoms. The van der Waals surface area contributed by atoms with Crippen molar-refractivity contribution < 1.29 is 9.59 Å². The Morgan fingerprint density at radius 1 is 1.55 bits per heavy atom. The molecule has 5 heteroatoms. The summed E-state index contributed by atoms with van der Waals surface area (Å²) in [4.78, 5) is 21.5. The molecule has 1 rings (SSSR count). The largest absolute Gasteiger partial charge is 0.368 e. The molecular formula is C6H11N3O2. The molecule has 1 aliphatic rings. The Morgan fingerprint density at radius 2 is 2.27 bits per heavy atom. The maximum atomic E-state index is 10.8. The van der Waals surface area contributed by atoms with Gasteiger partial charge in [0.05, 0.1) is 12.5 Å². The van der Waals surface area contributed by atoms with Crippen molar-refractivity contribution in [3.05, 3.63) is 0 Å². The molecule has 0 aliphatic carbocycles. The van der Waals surface area contributed by atoms with Gasteiger partial charge in [-0.3, -0.25) is 9.59 Å². The minimum atomic E-state index is -0.502. The van der Waals surface area contributed by atoms with E-state index < -0.39 is 11.9 Å². The lowest BCUT2D eigenvalue weighted by molar-refractivity contribution is -0.125. The molecule has 1 heterocycles. The molecule has 62 valence electrons. The predicted octanol–water partition coefficient (Wildman–Crippen LogP) is -2.05. The molecule has 1 unspecified atom stereocenters. The lowest BCUT2D eigenvalue weighted by Crippen LogP contribution is -2.41. The normalized spacial score (nSPS) is 25.5. The van der Waals surface area contributed by atoms with Crippen LogP contribution in [0.3, 0.4) is 0 Å². The van der Waals surface area contributed by atoms with Gasteiger partial charge in [0.15, 0.2) is 0 Å². The molecule has 1 atom stereocenters. The second-order valence-corrected chi connectivity index (χ2v) is 2.46. The maximum Gasteiger partial charge on any atom is 0.235 e. The molecule has 11 heavy (non-hydrogen) atoms. The quantitative estimate of drug-likeness (QED) is 0.409. The third-order valence-corrected chi connectivity index (χ3v) is 1.57. The lowest BCUT2D eigenvalue weighted by atomic mass is 10.2. The van der Waals surface area contributed by atoms with Gasteiger partial charge in [-0.25, -0.2) is 0 Å². The first-order valence-electron chi connectivity index (χ1n) is 3.49. The van der Waals surface area contributed by atoms with Gasteiger partial charge in [-0.1, -0.05) is 0 Å². The van der Waals surface area contributed by atoms with Crippen LogP contribution < -0.4 is 16.4 Å². The fourth-order valence-electron chi connectivity index (χ4n) is 0.979. The average Bonchev–Trinajstić information content (AvgIpc) is 2.13. The van der Waals surface area contributed by atoms with Crippen molar-refractivity contribution in [2.24, 2.45) is 5.73 Å². The number of rotatable bonds is 1. The van der Waals surface area contributed by atoms with E-state index in [9.17, 15) is 9.59 Å². The summed E-state index contributed by atoms with van der Waals surface area (Å²) in [5.74, 6) is -0.596. The second kappa shape index (κ2) is 3.34. The Labute approximate surface area is 64.3 Å². The number of primary amides is 1. The molecule has 0 aromatic heterocycles. The van der Waals surface area contributed by atoms with Crippen molar-refractivity contribution in [1.29, 1.82) is 0 Å². The van der Waals surface area contributed by atoms with Crippen molar-refractivity contribution in [1.82, 2.24) is 10.6 Å². The third-order valence-electron chi connectivity index (χ3n) is 1.57. The smallest absolute Gasteiger partial charge is 0.235 e. The van der Waals surface area contributed by atoms with E-state index in [1.165, 1.54) is 0 Å². The van der Waals surface area contributed by atoms with Crippen molar-refractivity contribution in [3.63, 3.8) is 0 Å². The molecule has 0 aromatic carbocycles. The Kier molecular flexibility index (Phi) is 2.43. The van der Waals surface area contributed by atoms with E-state index in [0.29, 0.717) is 13.1 Å². The molecule has 2 amide bonds. The summed E-state index contributed by atoms with van der Waals surface area (Å²) in [5, 5.41) is 5.47. The molecule has 0 aromatic rings. The van der Waals surface area contributed by atoms with E-state index >= 15 is 0 Å². The van der Waals surface area contributed by atoms with Crippen LogP contribution in [0.5, 0.6) is 0 Å². The number of hydrogen-bond acceptors (Lipinski definition) is 3. The molecule has 1 aliphatic heterocycles. The van der Waals surface area contributed by atoms with E-state index in [1.54, 1.807) is 0 Å². The van der Waals surface area contributed by atoms with Gasteiger partial charge in [-0.2, -0.15) is 0 Å². The summed E-state index contributed by atoms with van der Waals surface area (Å²) in [6, 6.07) is -0.502.